The van der Waals surface area contributed by atoms with Crippen molar-refractivity contribution in [2.45, 2.75) is 18.6 Å². The predicted molar refractivity (Wildman–Crippen MR) is 92.4 cm³/mol. The molecule has 0 radical (unpaired) electrons. The largest absolute Gasteiger partial charge is 0.481 e. The number of thioether (sulfide) groups is 1. The highest BCUT2D eigenvalue weighted by Gasteiger charge is 2.23. The second-order valence-corrected chi connectivity index (χ2v) is 6.20. The Morgan fingerprint density at radius 2 is 2.04 bits per heavy atom. The van der Waals surface area contributed by atoms with Gasteiger partial charge in [-0.1, -0.05) is 30.0 Å². The van der Waals surface area contributed by atoms with Crippen molar-refractivity contribution in [1.29, 1.82) is 0 Å². The molecule has 0 aliphatic carbocycles. The monoisotopic (exact) mass is 374 g/mol. The molecule has 1 N–H and O–H groups in total. The lowest BCUT2D eigenvalue weighted by Gasteiger charge is -2.09. The molecule has 0 amide bonds. The van der Waals surface area contributed by atoms with Crippen LogP contribution in [-0.2, 0) is 11.3 Å². The third-order valence-electron chi connectivity index (χ3n) is 3.56. The molecular weight excluding hydrogens is 360 g/mol. The second kappa shape index (κ2) is 7.35. The summed E-state index contributed by atoms with van der Waals surface area (Å²) in [4.78, 5) is 25.6. The fraction of sp³-hybridized carbons (Fsp3) is 0.200. The van der Waals surface area contributed by atoms with Gasteiger partial charge in [-0.05, 0) is 17.1 Å². The normalized spacial score (nSPS) is 10.8. The number of para-hydroxylation sites is 1. The second-order valence-electron chi connectivity index (χ2n) is 5.26. The molecule has 0 atom stereocenters. The molecule has 1 aromatic carbocycles. The maximum atomic E-state index is 11.2. The van der Waals surface area contributed by atoms with Crippen LogP contribution in [0.5, 0.6) is 0 Å². The molecule has 0 aliphatic heterocycles. The van der Waals surface area contributed by atoms with Crippen LogP contribution in [0.2, 0.25) is 0 Å². The van der Waals surface area contributed by atoms with Crippen molar-refractivity contribution >= 4 is 23.5 Å². The number of carboxylic acids is 1. The zero-order chi connectivity index (χ0) is 18.7. The number of hydrogen-bond donors (Lipinski definition) is 1. The minimum atomic E-state index is -0.972. The summed E-state index contributed by atoms with van der Waals surface area (Å²) in [5.41, 5.74) is 0.737. The summed E-state index contributed by atoms with van der Waals surface area (Å²) in [5, 5.41) is 28.7. The van der Waals surface area contributed by atoms with E-state index in [0.717, 1.165) is 17.4 Å². The van der Waals surface area contributed by atoms with Gasteiger partial charge in [-0.2, -0.15) is 0 Å². The van der Waals surface area contributed by atoms with E-state index >= 15 is 0 Å². The van der Waals surface area contributed by atoms with Crippen molar-refractivity contribution < 1.29 is 14.8 Å². The minimum absolute atomic E-state index is 0.0810. The number of aromatic nitrogens is 5. The molecule has 26 heavy (non-hydrogen) atoms. The zero-order valence-corrected chi connectivity index (χ0v) is 14.5. The number of hydrogen-bond acceptors (Lipinski definition) is 7. The van der Waals surface area contributed by atoms with E-state index in [2.05, 4.69) is 15.2 Å². The van der Waals surface area contributed by atoms with Crippen LogP contribution in [0, 0.1) is 17.0 Å². The van der Waals surface area contributed by atoms with E-state index in [1.165, 1.54) is 10.8 Å². The van der Waals surface area contributed by atoms with Crippen molar-refractivity contribution in [3.8, 4) is 5.69 Å². The Hall–Kier alpha value is -3.21. The lowest BCUT2D eigenvalue weighted by Crippen LogP contribution is -2.11. The number of nitrogens with zero attached hydrogens (tertiary/aromatic N) is 6. The molecule has 3 aromatic rings. The molecule has 0 saturated carbocycles. The van der Waals surface area contributed by atoms with Gasteiger partial charge in [0.05, 0.1) is 5.75 Å². The van der Waals surface area contributed by atoms with Gasteiger partial charge in [0.1, 0.15) is 6.20 Å². The Labute approximate surface area is 151 Å². The quantitative estimate of drug-likeness (QED) is 0.377. The number of rotatable bonds is 7. The van der Waals surface area contributed by atoms with Crippen molar-refractivity contribution in [2.75, 3.05) is 5.75 Å². The van der Waals surface area contributed by atoms with E-state index in [-0.39, 0.29) is 18.1 Å². The highest BCUT2D eigenvalue weighted by molar-refractivity contribution is 7.99. The standard InChI is InChI=1S/C15H14N6O4S/c1-10-16-7-13(21(24)25)19(10)8-12-17-18-15(26-9-14(22)23)20(12)11-5-3-2-4-6-11/h2-7H,8-9H2,1H3,(H,22,23). The van der Waals surface area contributed by atoms with Gasteiger partial charge in [0.25, 0.3) is 0 Å². The van der Waals surface area contributed by atoms with E-state index in [9.17, 15) is 14.9 Å². The Morgan fingerprint density at radius 1 is 1.31 bits per heavy atom. The maximum absolute atomic E-state index is 11.2. The molecule has 3 rings (SSSR count). The molecule has 0 bridgehead atoms. The topological polar surface area (TPSA) is 129 Å². The fourth-order valence-electron chi connectivity index (χ4n) is 2.40. The van der Waals surface area contributed by atoms with Gasteiger partial charge in [-0.25, -0.2) is 9.55 Å². The first kappa shape index (κ1) is 17.6. The number of imidazole rings is 1. The number of carboxylic acid groups (broad SMARTS) is 1. The average Bonchev–Trinajstić information content (AvgIpc) is 3.18. The van der Waals surface area contributed by atoms with Crippen LogP contribution in [0.1, 0.15) is 11.6 Å². The van der Waals surface area contributed by atoms with Crippen LogP contribution < -0.4 is 0 Å². The first-order valence-corrected chi connectivity index (χ1v) is 8.46. The summed E-state index contributed by atoms with van der Waals surface area (Å²) in [6.45, 7) is 1.74. The highest BCUT2D eigenvalue weighted by Crippen LogP contribution is 2.24. The van der Waals surface area contributed by atoms with Crippen LogP contribution in [0.3, 0.4) is 0 Å². The Bertz CT molecular complexity index is 952. The molecule has 0 aliphatic rings. The van der Waals surface area contributed by atoms with E-state index in [1.54, 1.807) is 11.5 Å². The van der Waals surface area contributed by atoms with Crippen LogP contribution in [0.25, 0.3) is 5.69 Å². The fourth-order valence-corrected chi connectivity index (χ4v) is 3.09. The van der Waals surface area contributed by atoms with Gasteiger partial charge in [-0.3, -0.25) is 9.36 Å². The summed E-state index contributed by atoms with van der Waals surface area (Å²) in [6.07, 6.45) is 1.19. The smallest absolute Gasteiger partial charge is 0.343 e. The number of nitro groups is 1. The number of aryl methyl sites for hydroxylation is 1. The summed E-state index contributed by atoms with van der Waals surface area (Å²) in [5.74, 6) is -0.382. The van der Waals surface area contributed by atoms with Crippen LogP contribution in [0.4, 0.5) is 5.82 Å². The molecule has 10 nitrogen and oxygen atoms in total. The van der Waals surface area contributed by atoms with Crippen LogP contribution >= 0.6 is 11.8 Å². The van der Waals surface area contributed by atoms with Crippen molar-refractivity contribution in [3.63, 3.8) is 0 Å². The summed E-state index contributed by atoms with van der Waals surface area (Å²) >= 11 is 1.03. The first-order valence-electron chi connectivity index (χ1n) is 7.48. The Morgan fingerprint density at radius 3 is 2.69 bits per heavy atom. The Balaban J connectivity index is 2.04. The van der Waals surface area contributed by atoms with E-state index in [0.29, 0.717) is 16.8 Å². The van der Waals surface area contributed by atoms with Crippen LogP contribution in [-0.4, -0.2) is 46.1 Å². The lowest BCUT2D eigenvalue weighted by atomic mass is 10.3. The average molecular weight is 374 g/mol. The lowest BCUT2D eigenvalue weighted by molar-refractivity contribution is -0.392. The molecule has 0 saturated heterocycles. The third kappa shape index (κ3) is 3.57. The van der Waals surface area contributed by atoms with Crippen LogP contribution in [0.15, 0.2) is 41.7 Å². The molecular formula is C15H14N6O4S. The van der Waals surface area contributed by atoms with E-state index in [4.69, 9.17) is 5.11 Å². The van der Waals surface area contributed by atoms with E-state index in [1.807, 2.05) is 30.3 Å². The third-order valence-corrected chi connectivity index (χ3v) is 4.47. The molecule has 0 fully saturated rings. The van der Waals surface area contributed by atoms with Gasteiger partial charge in [0.2, 0.25) is 0 Å². The van der Waals surface area contributed by atoms with Gasteiger partial charge >= 0.3 is 11.8 Å². The van der Waals surface area contributed by atoms with Gasteiger partial charge in [0.15, 0.2) is 23.4 Å². The van der Waals surface area contributed by atoms with Crippen molar-refractivity contribution in [3.05, 3.63) is 58.3 Å². The molecule has 134 valence electrons. The van der Waals surface area contributed by atoms with Gasteiger partial charge < -0.3 is 15.2 Å². The molecule has 0 unspecified atom stereocenters. The first-order chi connectivity index (χ1) is 12.5. The Kier molecular flexibility index (Phi) is 4.98. The van der Waals surface area contributed by atoms with Gasteiger partial charge in [0, 0.05) is 12.6 Å². The SMILES string of the molecule is Cc1ncc([N+](=O)[O-])n1Cc1nnc(SCC(=O)O)n1-c1ccccc1. The summed E-state index contributed by atoms with van der Waals surface area (Å²) < 4.78 is 3.12. The predicted octanol–water partition coefficient (Wildman–Crippen LogP) is 1.91. The summed E-state index contributed by atoms with van der Waals surface area (Å²) in [6, 6.07) is 9.16. The molecule has 11 heteroatoms. The molecule has 2 aromatic heterocycles. The van der Waals surface area contributed by atoms with Gasteiger partial charge in [-0.15, -0.1) is 10.2 Å². The summed E-state index contributed by atoms with van der Waals surface area (Å²) in [7, 11) is 0. The molecule has 0 spiro atoms. The zero-order valence-electron chi connectivity index (χ0n) is 13.6. The number of aliphatic carboxylic acids is 1. The van der Waals surface area contributed by atoms with E-state index < -0.39 is 10.9 Å². The maximum Gasteiger partial charge on any atom is 0.343 e. The molecule has 2 heterocycles. The van der Waals surface area contributed by atoms with Crippen molar-refractivity contribution in [2.24, 2.45) is 0 Å². The highest BCUT2D eigenvalue weighted by atomic mass is 32.2. The van der Waals surface area contributed by atoms with Crippen molar-refractivity contribution in [1.82, 2.24) is 24.3 Å². The number of carbonyl (C=O) groups is 1. The minimum Gasteiger partial charge on any atom is -0.481 e. The number of benzene rings is 1.